The van der Waals surface area contributed by atoms with Crippen LogP contribution in [-0.4, -0.2) is 29.5 Å². The highest BCUT2D eigenvalue weighted by atomic mass is 19.4. The zero-order valence-corrected chi connectivity index (χ0v) is 20.7. The number of nitrogens with one attached hydrogen (secondary N) is 1. The van der Waals surface area contributed by atoms with Gasteiger partial charge < -0.3 is 20.2 Å². The maximum atomic E-state index is 13.3. The summed E-state index contributed by atoms with van der Waals surface area (Å²) in [4.78, 5) is 21.1. The molecule has 7 nitrogen and oxygen atoms in total. The van der Waals surface area contributed by atoms with E-state index in [9.17, 15) is 18.0 Å². The molecule has 4 aromatic rings. The van der Waals surface area contributed by atoms with Crippen molar-refractivity contribution >= 4 is 29.5 Å². The molecule has 0 unspecified atom stereocenters. The Morgan fingerprint density at radius 3 is 2.58 bits per heavy atom. The molecular formula is C28H25F3N4O3. The van der Waals surface area contributed by atoms with Gasteiger partial charge in [-0.25, -0.2) is 9.97 Å². The molecule has 196 valence electrons. The van der Waals surface area contributed by atoms with Crippen molar-refractivity contribution in [2.24, 2.45) is 5.73 Å². The van der Waals surface area contributed by atoms with Crippen molar-refractivity contribution in [2.75, 3.05) is 13.7 Å². The predicted molar refractivity (Wildman–Crippen MR) is 138 cm³/mol. The van der Waals surface area contributed by atoms with Crippen LogP contribution in [0.5, 0.6) is 5.75 Å². The van der Waals surface area contributed by atoms with E-state index in [-0.39, 0.29) is 41.7 Å². The minimum Gasteiger partial charge on any atom is -0.494 e. The molecule has 38 heavy (non-hydrogen) atoms. The summed E-state index contributed by atoms with van der Waals surface area (Å²) < 4.78 is 50.8. The van der Waals surface area contributed by atoms with Crippen molar-refractivity contribution in [3.8, 4) is 17.2 Å². The molecule has 0 saturated carbocycles. The van der Waals surface area contributed by atoms with E-state index in [0.29, 0.717) is 10.9 Å². The number of fused-ring (bicyclic) bond motifs is 1. The average Bonchev–Trinajstić information content (AvgIpc) is 3.34. The van der Waals surface area contributed by atoms with Gasteiger partial charge in [0.15, 0.2) is 11.5 Å². The molecule has 0 saturated heterocycles. The number of ether oxygens (including phenoxy) is 1. The molecule has 2 aromatic carbocycles. The lowest BCUT2D eigenvalue weighted by Gasteiger charge is -2.11. The Balaban J connectivity index is 1.67. The first-order valence-electron chi connectivity index (χ1n) is 11.6. The first-order chi connectivity index (χ1) is 18.2. The summed E-state index contributed by atoms with van der Waals surface area (Å²) in [5.41, 5.74) is 5.90. The fourth-order valence-corrected chi connectivity index (χ4v) is 3.86. The minimum absolute atomic E-state index is 0.0145. The van der Waals surface area contributed by atoms with E-state index >= 15 is 0 Å². The number of amides is 1. The largest absolute Gasteiger partial charge is 0.494 e. The molecule has 0 bridgehead atoms. The zero-order chi connectivity index (χ0) is 27.4. The summed E-state index contributed by atoms with van der Waals surface area (Å²) in [6, 6.07) is 12.8. The van der Waals surface area contributed by atoms with E-state index < -0.39 is 17.8 Å². The molecule has 4 rings (SSSR count). The predicted octanol–water partition coefficient (Wildman–Crippen LogP) is 3.94. The number of benzene rings is 2. The number of alkyl halides is 3. The molecule has 10 heteroatoms. The molecule has 2 aromatic heterocycles. The van der Waals surface area contributed by atoms with Crippen LogP contribution >= 0.6 is 0 Å². The number of hydrogen-bond acceptors (Lipinski definition) is 6. The van der Waals surface area contributed by atoms with Gasteiger partial charge in [-0.05, 0) is 53.3 Å². The lowest BCUT2D eigenvalue weighted by Crippen LogP contribution is -2.28. The third kappa shape index (κ3) is 5.45. The van der Waals surface area contributed by atoms with Gasteiger partial charge in [0.25, 0.3) is 5.91 Å². The van der Waals surface area contributed by atoms with Gasteiger partial charge in [-0.1, -0.05) is 36.9 Å². The Morgan fingerprint density at radius 2 is 1.92 bits per heavy atom. The van der Waals surface area contributed by atoms with Crippen LogP contribution in [0.25, 0.3) is 35.0 Å². The topological polar surface area (TPSA) is 103 Å². The van der Waals surface area contributed by atoms with Gasteiger partial charge in [-0.3, -0.25) is 4.79 Å². The summed E-state index contributed by atoms with van der Waals surface area (Å²) in [5, 5.41) is 4.91. The quantitative estimate of drug-likeness (QED) is 0.381. The summed E-state index contributed by atoms with van der Waals surface area (Å²) in [7, 11) is 1.34. The smallest absolute Gasteiger partial charge is 0.433 e. The molecule has 0 radical (unpaired) electrons. The van der Waals surface area contributed by atoms with Crippen LogP contribution < -0.4 is 26.2 Å². The van der Waals surface area contributed by atoms with Gasteiger partial charge in [0, 0.05) is 17.5 Å². The normalized spacial score (nSPS) is 12.7. The number of nitrogens with two attached hydrogens (primary N) is 1. The molecule has 0 aliphatic rings. The first-order valence-corrected chi connectivity index (χ1v) is 11.6. The third-order valence-electron chi connectivity index (χ3n) is 5.88. The van der Waals surface area contributed by atoms with Crippen LogP contribution in [0.4, 0.5) is 13.2 Å². The first kappa shape index (κ1) is 26.6. The van der Waals surface area contributed by atoms with Crippen LogP contribution in [0.1, 0.15) is 28.9 Å². The van der Waals surface area contributed by atoms with Crippen molar-refractivity contribution in [2.45, 2.75) is 19.6 Å². The van der Waals surface area contributed by atoms with Gasteiger partial charge in [0.1, 0.15) is 17.0 Å². The third-order valence-corrected chi connectivity index (χ3v) is 5.88. The number of carbonyl (C=O) groups is 1. The van der Waals surface area contributed by atoms with Gasteiger partial charge >= 0.3 is 6.18 Å². The molecule has 0 aliphatic carbocycles. The number of nitrogens with zero attached hydrogens (tertiary/aromatic N) is 2. The second-order valence-electron chi connectivity index (χ2n) is 8.29. The number of halogens is 3. The fourth-order valence-electron chi connectivity index (χ4n) is 3.86. The average molecular weight is 523 g/mol. The second-order valence-corrected chi connectivity index (χ2v) is 8.29. The molecule has 0 spiro atoms. The molecule has 2 heterocycles. The lowest BCUT2D eigenvalue weighted by atomic mass is 10.1. The maximum absolute atomic E-state index is 13.3. The van der Waals surface area contributed by atoms with Gasteiger partial charge in [-0.2, -0.15) is 13.2 Å². The molecule has 1 amide bonds. The van der Waals surface area contributed by atoms with Crippen LogP contribution in [0.3, 0.4) is 0 Å². The van der Waals surface area contributed by atoms with Crippen LogP contribution in [0.15, 0.2) is 64.6 Å². The number of oxazole rings is 1. The standard InChI is InChI=1S/C28H25F3N4O3/c1-4-17(13-18-8-6-5-7-16(18)2)15-33-26(36)25-22(14-32)38-27(35-25)20-9-11-21(37-3)24-19(20)10-12-23(34-24)28(29,30)31/h4-13H,2,14-15,32H2,1,3H3,(H,33,36)/b17-4+,18-13-. The maximum Gasteiger partial charge on any atom is 0.433 e. The van der Waals surface area contributed by atoms with Crippen molar-refractivity contribution in [3.63, 3.8) is 0 Å². The Hall–Kier alpha value is -4.44. The molecule has 0 aliphatic heterocycles. The summed E-state index contributed by atoms with van der Waals surface area (Å²) in [6.07, 6.45) is -0.835. The highest BCUT2D eigenvalue weighted by molar-refractivity contribution is 5.98. The fraction of sp³-hybridized carbons (Fsp3) is 0.179. The Kier molecular flexibility index (Phi) is 7.63. The van der Waals surface area contributed by atoms with E-state index in [4.69, 9.17) is 14.9 Å². The van der Waals surface area contributed by atoms with Crippen molar-refractivity contribution < 1.29 is 27.1 Å². The van der Waals surface area contributed by atoms with Gasteiger partial charge in [0.05, 0.1) is 13.7 Å². The Morgan fingerprint density at radius 1 is 1.16 bits per heavy atom. The van der Waals surface area contributed by atoms with E-state index in [2.05, 4.69) is 21.9 Å². The van der Waals surface area contributed by atoms with E-state index in [1.54, 1.807) is 6.07 Å². The van der Waals surface area contributed by atoms with Crippen molar-refractivity contribution in [3.05, 3.63) is 87.8 Å². The molecule has 0 atom stereocenters. The number of hydrogen-bond donors (Lipinski definition) is 2. The number of pyridine rings is 1. The number of allylic oxidation sites excluding steroid dienone is 1. The number of methoxy groups -OCH3 is 1. The zero-order valence-electron chi connectivity index (χ0n) is 20.7. The molecule has 0 fully saturated rings. The monoisotopic (exact) mass is 522 g/mol. The molecule has 3 N–H and O–H groups in total. The van der Waals surface area contributed by atoms with Crippen LogP contribution in [0.2, 0.25) is 0 Å². The molecular weight excluding hydrogens is 497 g/mol. The lowest BCUT2D eigenvalue weighted by molar-refractivity contribution is -0.140. The minimum atomic E-state index is -4.63. The highest BCUT2D eigenvalue weighted by Gasteiger charge is 2.33. The van der Waals surface area contributed by atoms with E-state index in [0.717, 1.165) is 22.1 Å². The SMILES string of the molecule is C=c1cccc/c1=C/C(=C\C)CNC(=O)c1nc(-c2ccc(OC)c3nc(C(F)(F)F)ccc23)oc1CN. The van der Waals surface area contributed by atoms with Crippen molar-refractivity contribution in [1.82, 2.24) is 15.3 Å². The van der Waals surface area contributed by atoms with Crippen LogP contribution in [-0.2, 0) is 12.7 Å². The van der Waals surface area contributed by atoms with Gasteiger partial charge in [-0.15, -0.1) is 0 Å². The summed E-state index contributed by atoms with van der Waals surface area (Å²) in [5.74, 6) is -0.201. The number of carbonyl (C=O) groups excluding carboxylic acids is 1. The van der Waals surface area contributed by atoms with Crippen molar-refractivity contribution in [1.29, 1.82) is 0 Å². The van der Waals surface area contributed by atoms with Crippen LogP contribution in [0, 0.1) is 0 Å². The Labute approximate surface area is 216 Å². The highest BCUT2D eigenvalue weighted by Crippen LogP contribution is 2.36. The van der Waals surface area contributed by atoms with E-state index in [1.807, 2.05) is 43.3 Å². The second kappa shape index (κ2) is 10.9. The summed E-state index contributed by atoms with van der Waals surface area (Å²) in [6.45, 7) is 5.96. The number of aromatic nitrogens is 2. The Bertz CT molecular complexity index is 1640. The van der Waals surface area contributed by atoms with Gasteiger partial charge in [0.2, 0.25) is 5.89 Å². The van der Waals surface area contributed by atoms with E-state index in [1.165, 1.54) is 19.2 Å². The number of rotatable bonds is 7. The summed E-state index contributed by atoms with van der Waals surface area (Å²) >= 11 is 0.